The zero-order valence-corrected chi connectivity index (χ0v) is 19.4. The van der Waals surface area contributed by atoms with E-state index in [9.17, 15) is 4.39 Å². The third-order valence-corrected chi connectivity index (χ3v) is 4.55. The molecule has 8 heteroatoms. The Morgan fingerprint density at radius 1 is 1.26 bits per heavy atom. The van der Waals surface area contributed by atoms with Crippen molar-refractivity contribution < 1.29 is 8.81 Å². The average molecular weight is 506 g/mol. The van der Waals surface area contributed by atoms with E-state index in [0.717, 1.165) is 18.1 Å². The number of nitrogens with one attached hydrogen (secondary N) is 2. The maximum Gasteiger partial charge on any atom is 0.216 e. The lowest BCUT2D eigenvalue weighted by Crippen LogP contribution is -2.38. The normalized spacial score (nSPS) is 11.8. The number of benzene rings is 1. The van der Waals surface area contributed by atoms with E-state index in [1.54, 1.807) is 18.3 Å². The number of oxazole rings is 1. The molecule has 0 bridgehead atoms. The van der Waals surface area contributed by atoms with Crippen molar-refractivity contribution in [1.29, 1.82) is 0 Å². The predicted octanol–water partition coefficient (Wildman–Crippen LogP) is 4.58. The summed E-state index contributed by atoms with van der Waals surface area (Å²) in [6, 6.07) is 6.80. The molecule has 0 aliphatic carbocycles. The highest BCUT2D eigenvalue weighted by atomic mass is 127. The first kappa shape index (κ1) is 23.7. The molecule has 0 fully saturated rings. The van der Waals surface area contributed by atoms with Crippen LogP contribution in [0.15, 0.2) is 44.8 Å². The van der Waals surface area contributed by atoms with Gasteiger partial charge < -0.3 is 15.1 Å². The van der Waals surface area contributed by atoms with E-state index in [4.69, 9.17) is 4.42 Å². The van der Waals surface area contributed by atoms with Crippen LogP contribution >= 0.6 is 35.7 Å². The van der Waals surface area contributed by atoms with Crippen LogP contribution in [-0.4, -0.2) is 29.8 Å². The van der Waals surface area contributed by atoms with E-state index in [0.29, 0.717) is 29.8 Å². The molecule has 150 valence electrons. The summed E-state index contributed by atoms with van der Waals surface area (Å²) in [4.78, 5) is 9.44. The highest BCUT2D eigenvalue weighted by Gasteiger charge is 2.19. The lowest BCUT2D eigenvalue weighted by molar-refractivity contribution is 0.383. The van der Waals surface area contributed by atoms with Crippen LogP contribution in [0.25, 0.3) is 0 Å². The van der Waals surface area contributed by atoms with Crippen molar-refractivity contribution in [1.82, 2.24) is 15.6 Å². The minimum atomic E-state index is -0.184. The van der Waals surface area contributed by atoms with Crippen molar-refractivity contribution in [2.75, 3.05) is 18.8 Å². The molecule has 1 aromatic carbocycles. The van der Waals surface area contributed by atoms with Crippen LogP contribution in [0.4, 0.5) is 4.39 Å². The number of rotatable bonds is 7. The smallest absolute Gasteiger partial charge is 0.216 e. The Bertz CT molecular complexity index is 730. The third kappa shape index (κ3) is 8.08. The lowest BCUT2D eigenvalue weighted by atomic mass is 9.94. The summed E-state index contributed by atoms with van der Waals surface area (Å²) in [6.45, 7) is 10.0. The van der Waals surface area contributed by atoms with Gasteiger partial charge in [-0.2, -0.15) is 0 Å². The predicted molar refractivity (Wildman–Crippen MR) is 121 cm³/mol. The van der Waals surface area contributed by atoms with Crippen LogP contribution in [0.5, 0.6) is 0 Å². The molecule has 2 rings (SSSR count). The quantitative estimate of drug-likeness (QED) is 0.189. The molecule has 0 spiro atoms. The second-order valence-electron chi connectivity index (χ2n) is 6.77. The van der Waals surface area contributed by atoms with E-state index in [1.165, 1.54) is 17.8 Å². The standard InChI is InChI=1S/C19H27FN4OS.HI/c1-5-21-18(22-10-11-26-15-9-7-6-8-14(15)20)24-13-17-23-12-16(25-17)19(2,3)4;/h6-9,12H,5,10-11,13H2,1-4H3,(H2,21,22,24);1H. The Morgan fingerprint density at radius 2 is 2.00 bits per heavy atom. The molecule has 0 aliphatic rings. The average Bonchev–Trinajstić information content (AvgIpc) is 3.07. The summed E-state index contributed by atoms with van der Waals surface area (Å²) in [7, 11) is 0. The van der Waals surface area contributed by atoms with E-state index in [1.807, 2.05) is 13.0 Å². The van der Waals surface area contributed by atoms with Crippen LogP contribution in [0, 0.1) is 5.82 Å². The molecule has 2 aromatic rings. The summed E-state index contributed by atoms with van der Waals surface area (Å²) in [5.41, 5.74) is -0.0678. The van der Waals surface area contributed by atoms with Crippen LogP contribution in [0.3, 0.4) is 0 Å². The zero-order valence-electron chi connectivity index (χ0n) is 16.2. The second-order valence-corrected chi connectivity index (χ2v) is 7.91. The Kier molecular flexibility index (Phi) is 10.1. The van der Waals surface area contributed by atoms with E-state index >= 15 is 0 Å². The van der Waals surface area contributed by atoms with Gasteiger partial charge in [-0.25, -0.2) is 14.4 Å². The minimum Gasteiger partial charge on any atom is -0.443 e. The highest BCUT2D eigenvalue weighted by Crippen LogP contribution is 2.23. The number of guanidine groups is 1. The van der Waals surface area contributed by atoms with Crippen molar-refractivity contribution >= 4 is 41.7 Å². The molecule has 1 heterocycles. The first-order chi connectivity index (χ1) is 12.4. The number of thioether (sulfide) groups is 1. The van der Waals surface area contributed by atoms with E-state index in [2.05, 4.69) is 41.4 Å². The van der Waals surface area contributed by atoms with Gasteiger partial charge >= 0.3 is 0 Å². The summed E-state index contributed by atoms with van der Waals surface area (Å²) in [6.07, 6.45) is 1.76. The topological polar surface area (TPSA) is 62.5 Å². The fourth-order valence-electron chi connectivity index (χ4n) is 2.11. The summed E-state index contributed by atoms with van der Waals surface area (Å²) < 4.78 is 19.3. The Balaban J connectivity index is 0.00000364. The molecule has 0 saturated carbocycles. The zero-order chi connectivity index (χ0) is 19.0. The Labute approximate surface area is 182 Å². The van der Waals surface area contributed by atoms with Gasteiger partial charge in [-0.05, 0) is 19.1 Å². The molecule has 0 amide bonds. The third-order valence-electron chi connectivity index (χ3n) is 3.50. The molecule has 2 N–H and O–H groups in total. The van der Waals surface area contributed by atoms with Gasteiger partial charge in [0.05, 0.1) is 6.20 Å². The fraction of sp³-hybridized carbons (Fsp3) is 0.474. The molecular formula is C19H28FIN4OS. The van der Waals surface area contributed by atoms with Gasteiger partial charge in [0, 0.05) is 29.2 Å². The maximum atomic E-state index is 13.6. The number of nitrogens with zero attached hydrogens (tertiary/aromatic N) is 2. The monoisotopic (exact) mass is 506 g/mol. The van der Waals surface area contributed by atoms with Gasteiger partial charge in [-0.3, -0.25) is 0 Å². The number of aromatic nitrogens is 1. The first-order valence-electron chi connectivity index (χ1n) is 8.75. The molecule has 27 heavy (non-hydrogen) atoms. The molecular weight excluding hydrogens is 478 g/mol. The van der Waals surface area contributed by atoms with Crippen molar-refractivity contribution in [2.45, 2.75) is 44.6 Å². The summed E-state index contributed by atoms with van der Waals surface area (Å²) in [5.74, 6) is 2.68. The van der Waals surface area contributed by atoms with Gasteiger partial charge in [0.15, 0.2) is 5.96 Å². The Morgan fingerprint density at radius 3 is 2.63 bits per heavy atom. The maximum absolute atomic E-state index is 13.6. The molecule has 0 saturated heterocycles. The summed E-state index contributed by atoms with van der Waals surface area (Å²) in [5, 5.41) is 6.43. The van der Waals surface area contributed by atoms with Crippen LogP contribution in [-0.2, 0) is 12.0 Å². The molecule has 1 aromatic heterocycles. The Hall–Kier alpha value is -1.29. The van der Waals surface area contributed by atoms with Crippen molar-refractivity contribution in [2.24, 2.45) is 4.99 Å². The molecule has 0 unspecified atom stereocenters. The van der Waals surface area contributed by atoms with Gasteiger partial charge in [-0.1, -0.05) is 32.9 Å². The largest absolute Gasteiger partial charge is 0.443 e. The number of hydrogen-bond acceptors (Lipinski definition) is 4. The van der Waals surface area contributed by atoms with Crippen LogP contribution in [0.2, 0.25) is 0 Å². The SMILES string of the molecule is CCNC(=NCc1ncc(C(C)(C)C)o1)NCCSc1ccccc1F.I. The number of hydrogen-bond donors (Lipinski definition) is 2. The minimum absolute atomic E-state index is 0. The van der Waals surface area contributed by atoms with Gasteiger partial charge in [0.2, 0.25) is 5.89 Å². The van der Waals surface area contributed by atoms with E-state index in [-0.39, 0.29) is 35.2 Å². The van der Waals surface area contributed by atoms with Gasteiger partial charge in [-0.15, -0.1) is 35.7 Å². The summed E-state index contributed by atoms with van der Waals surface area (Å²) >= 11 is 1.48. The fourth-order valence-corrected chi connectivity index (χ4v) is 2.92. The van der Waals surface area contributed by atoms with Crippen LogP contribution in [0.1, 0.15) is 39.3 Å². The van der Waals surface area contributed by atoms with Gasteiger partial charge in [0.25, 0.3) is 0 Å². The molecule has 0 aliphatic heterocycles. The number of aliphatic imine (C=N–C) groups is 1. The molecule has 5 nitrogen and oxygen atoms in total. The van der Waals surface area contributed by atoms with Gasteiger partial charge in [0.1, 0.15) is 18.1 Å². The van der Waals surface area contributed by atoms with Crippen molar-refractivity contribution in [3.8, 4) is 0 Å². The van der Waals surface area contributed by atoms with Crippen molar-refractivity contribution in [3.05, 3.63) is 47.9 Å². The molecule has 0 atom stereocenters. The van der Waals surface area contributed by atoms with Crippen molar-refractivity contribution in [3.63, 3.8) is 0 Å². The lowest BCUT2D eigenvalue weighted by Gasteiger charge is -2.13. The van der Waals surface area contributed by atoms with Crippen LogP contribution < -0.4 is 10.6 Å². The first-order valence-corrected chi connectivity index (χ1v) is 9.73. The second kappa shape index (κ2) is 11.5. The number of halogens is 2. The molecule has 0 radical (unpaired) electrons. The highest BCUT2D eigenvalue weighted by molar-refractivity contribution is 14.0. The van der Waals surface area contributed by atoms with E-state index < -0.39 is 0 Å².